The van der Waals surface area contributed by atoms with Crippen LogP contribution in [0.15, 0.2) is 24.4 Å². The molecule has 1 unspecified atom stereocenters. The number of nitrogens with one attached hydrogen (secondary N) is 2. The average Bonchev–Trinajstić information content (AvgIpc) is 2.77. The normalized spacial score (nSPS) is 13.2. The first kappa shape index (κ1) is 11.9. The lowest BCUT2D eigenvalue weighted by atomic mass is 10.0. The molecule has 2 rings (SSSR count). The molecule has 1 aromatic carbocycles. The molecule has 0 saturated heterocycles. The summed E-state index contributed by atoms with van der Waals surface area (Å²) in [6, 6.07) is 6.44. The van der Waals surface area contributed by atoms with Crippen LogP contribution in [-0.2, 0) is 4.74 Å². The molecular formula is C13H19N3O. The molecule has 92 valence electrons. The van der Waals surface area contributed by atoms with Gasteiger partial charge in [-0.3, -0.25) is 5.10 Å². The number of benzene rings is 1. The molecule has 17 heavy (non-hydrogen) atoms. The Balaban J connectivity index is 2.24. The summed E-state index contributed by atoms with van der Waals surface area (Å²) < 4.78 is 5.24. The van der Waals surface area contributed by atoms with Crippen molar-refractivity contribution in [3.8, 4) is 0 Å². The Morgan fingerprint density at radius 3 is 2.94 bits per heavy atom. The SMILES string of the molecule is COCC(Nc1cccc2cn[nH]c12)C(C)C. The summed E-state index contributed by atoms with van der Waals surface area (Å²) in [5.74, 6) is 0.508. The first-order valence-corrected chi connectivity index (χ1v) is 5.90. The van der Waals surface area contributed by atoms with E-state index in [2.05, 4.69) is 35.4 Å². The van der Waals surface area contributed by atoms with Gasteiger partial charge in [-0.15, -0.1) is 0 Å². The highest BCUT2D eigenvalue weighted by molar-refractivity contribution is 5.90. The molecule has 0 saturated carbocycles. The van der Waals surface area contributed by atoms with E-state index in [0.717, 1.165) is 16.6 Å². The summed E-state index contributed by atoms with van der Waals surface area (Å²) in [5, 5.41) is 11.7. The third kappa shape index (κ3) is 2.58. The smallest absolute Gasteiger partial charge is 0.0881 e. The molecule has 1 aromatic heterocycles. The van der Waals surface area contributed by atoms with Crippen molar-refractivity contribution >= 4 is 16.6 Å². The number of aromatic amines is 1. The van der Waals surface area contributed by atoms with Gasteiger partial charge in [-0.1, -0.05) is 26.0 Å². The Hall–Kier alpha value is -1.55. The second-order valence-electron chi connectivity index (χ2n) is 4.59. The predicted molar refractivity (Wildman–Crippen MR) is 70.2 cm³/mol. The zero-order valence-electron chi connectivity index (χ0n) is 10.5. The summed E-state index contributed by atoms with van der Waals surface area (Å²) in [6.07, 6.45) is 1.83. The highest BCUT2D eigenvalue weighted by atomic mass is 16.5. The van der Waals surface area contributed by atoms with Crippen LogP contribution in [0.5, 0.6) is 0 Å². The number of ether oxygens (including phenoxy) is 1. The molecule has 0 fully saturated rings. The summed E-state index contributed by atoms with van der Waals surface area (Å²) >= 11 is 0. The fourth-order valence-electron chi connectivity index (χ4n) is 1.87. The molecule has 0 aliphatic heterocycles. The quantitative estimate of drug-likeness (QED) is 0.834. The zero-order chi connectivity index (χ0) is 12.3. The molecule has 0 bridgehead atoms. The number of rotatable bonds is 5. The molecule has 2 aromatic rings. The third-order valence-electron chi connectivity index (χ3n) is 2.97. The van der Waals surface area contributed by atoms with Crippen LogP contribution in [0.2, 0.25) is 0 Å². The summed E-state index contributed by atoms with van der Waals surface area (Å²) in [7, 11) is 1.73. The molecule has 0 radical (unpaired) electrons. The molecule has 4 nitrogen and oxygen atoms in total. The summed E-state index contributed by atoms with van der Waals surface area (Å²) in [6.45, 7) is 5.07. The number of hydrogen-bond donors (Lipinski definition) is 2. The van der Waals surface area contributed by atoms with Gasteiger partial charge in [0.25, 0.3) is 0 Å². The molecule has 1 heterocycles. The fraction of sp³-hybridized carbons (Fsp3) is 0.462. The van der Waals surface area contributed by atoms with Gasteiger partial charge in [-0.2, -0.15) is 5.10 Å². The van der Waals surface area contributed by atoms with Gasteiger partial charge in [0.2, 0.25) is 0 Å². The first-order chi connectivity index (χ1) is 8.22. The maximum atomic E-state index is 5.24. The maximum Gasteiger partial charge on any atom is 0.0881 e. The Morgan fingerprint density at radius 2 is 2.24 bits per heavy atom. The predicted octanol–water partition coefficient (Wildman–Crippen LogP) is 2.65. The van der Waals surface area contributed by atoms with Crippen LogP contribution in [0.25, 0.3) is 10.9 Å². The van der Waals surface area contributed by atoms with Gasteiger partial charge in [-0.25, -0.2) is 0 Å². The van der Waals surface area contributed by atoms with Crippen LogP contribution in [0, 0.1) is 5.92 Å². The number of aromatic nitrogens is 2. The molecular weight excluding hydrogens is 214 g/mol. The van der Waals surface area contributed by atoms with Crippen molar-refractivity contribution in [1.82, 2.24) is 10.2 Å². The minimum Gasteiger partial charge on any atom is -0.383 e. The number of hydrogen-bond acceptors (Lipinski definition) is 3. The topological polar surface area (TPSA) is 49.9 Å². The van der Waals surface area contributed by atoms with Crippen LogP contribution < -0.4 is 5.32 Å². The van der Waals surface area contributed by atoms with Crippen LogP contribution in [-0.4, -0.2) is 30.0 Å². The third-order valence-corrected chi connectivity index (χ3v) is 2.97. The van der Waals surface area contributed by atoms with E-state index < -0.39 is 0 Å². The first-order valence-electron chi connectivity index (χ1n) is 5.90. The van der Waals surface area contributed by atoms with Crippen LogP contribution in [0.3, 0.4) is 0 Å². The Morgan fingerprint density at radius 1 is 1.41 bits per heavy atom. The van der Waals surface area contributed by atoms with Crippen molar-refractivity contribution in [3.63, 3.8) is 0 Å². The monoisotopic (exact) mass is 233 g/mol. The van der Waals surface area contributed by atoms with Crippen molar-refractivity contribution in [3.05, 3.63) is 24.4 Å². The summed E-state index contributed by atoms with van der Waals surface area (Å²) in [4.78, 5) is 0. The number of para-hydroxylation sites is 1. The lowest BCUT2D eigenvalue weighted by Gasteiger charge is -2.23. The molecule has 2 N–H and O–H groups in total. The van der Waals surface area contributed by atoms with E-state index >= 15 is 0 Å². The molecule has 1 atom stereocenters. The van der Waals surface area contributed by atoms with Crippen molar-refractivity contribution in [2.24, 2.45) is 5.92 Å². The van der Waals surface area contributed by atoms with Crippen LogP contribution in [0.1, 0.15) is 13.8 Å². The van der Waals surface area contributed by atoms with Crippen molar-refractivity contribution < 1.29 is 4.74 Å². The highest BCUT2D eigenvalue weighted by Gasteiger charge is 2.14. The molecule has 0 amide bonds. The number of nitrogens with zero attached hydrogens (tertiary/aromatic N) is 1. The molecule has 0 aliphatic carbocycles. The van der Waals surface area contributed by atoms with Crippen molar-refractivity contribution in [2.45, 2.75) is 19.9 Å². The van der Waals surface area contributed by atoms with Crippen molar-refractivity contribution in [1.29, 1.82) is 0 Å². The van der Waals surface area contributed by atoms with Crippen LogP contribution in [0.4, 0.5) is 5.69 Å². The average molecular weight is 233 g/mol. The zero-order valence-corrected chi connectivity index (χ0v) is 10.5. The Labute approximate surface area is 101 Å². The van der Waals surface area contributed by atoms with E-state index in [1.54, 1.807) is 7.11 Å². The lowest BCUT2D eigenvalue weighted by molar-refractivity contribution is 0.171. The number of methoxy groups -OCH3 is 1. The second-order valence-corrected chi connectivity index (χ2v) is 4.59. The highest BCUT2D eigenvalue weighted by Crippen LogP contribution is 2.22. The van der Waals surface area contributed by atoms with Gasteiger partial charge in [-0.05, 0) is 12.0 Å². The Kier molecular flexibility index (Phi) is 3.64. The Bertz CT molecular complexity index is 478. The largest absolute Gasteiger partial charge is 0.383 e. The van der Waals surface area contributed by atoms with Gasteiger partial charge in [0, 0.05) is 12.5 Å². The molecule has 4 heteroatoms. The maximum absolute atomic E-state index is 5.24. The van der Waals surface area contributed by atoms with E-state index in [0.29, 0.717) is 18.6 Å². The number of H-pyrrole nitrogens is 1. The van der Waals surface area contributed by atoms with Crippen LogP contribution >= 0.6 is 0 Å². The fourth-order valence-corrected chi connectivity index (χ4v) is 1.87. The molecule has 0 spiro atoms. The van der Waals surface area contributed by atoms with Gasteiger partial charge >= 0.3 is 0 Å². The van der Waals surface area contributed by atoms with E-state index in [-0.39, 0.29) is 0 Å². The van der Waals surface area contributed by atoms with E-state index in [1.807, 2.05) is 18.3 Å². The number of anilines is 1. The molecule has 0 aliphatic rings. The van der Waals surface area contributed by atoms with E-state index in [1.165, 1.54) is 0 Å². The van der Waals surface area contributed by atoms with Crippen molar-refractivity contribution in [2.75, 3.05) is 19.0 Å². The lowest BCUT2D eigenvalue weighted by Crippen LogP contribution is -2.30. The van der Waals surface area contributed by atoms with Gasteiger partial charge in [0.05, 0.1) is 30.0 Å². The van der Waals surface area contributed by atoms with Gasteiger partial charge < -0.3 is 10.1 Å². The summed E-state index contributed by atoms with van der Waals surface area (Å²) in [5.41, 5.74) is 2.13. The second kappa shape index (κ2) is 5.19. The van der Waals surface area contributed by atoms with Gasteiger partial charge in [0.15, 0.2) is 0 Å². The number of fused-ring (bicyclic) bond motifs is 1. The van der Waals surface area contributed by atoms with Gasteiger partial charge in [0.1, 0.15) is 0 Å². The van der Waals surface area contributed by atoms with E-state index in [9.17, 15) is 0 Å². The standard InChI is InChI=1S/C13H19N3O/c1-9(2)12(8-17-3)15-11-6-4-5-10-7-14-16-13(10)11/h4-7,9,12,15H,8H2,1-3H3,(H,14,16). The van der Waals surface area contributed by atoms with E-state index in [4.69, 9.17) is 4.74 Å². The minimum atomic E-state index is 0.300. The minimum absolute atomic E-state index is 0.300.